The fraction of sp³-hybridized carbons (Fsp3) is 0.231. The Hall–Kier alpha value is -2.14. The van der Waals surface area contributed by atoms with E-state index in [-0.39, 0.29) is 11.8 Å². The van der Waals surface area contributed by atoms with Gasteiger partial charge in [-0.05, 0) is 25.1 Å². The molecule has 0 fully saturated rings. The lowest BCUT2D eigenvalue weighted by Gasteiger charge is -2.12. The van der Waals surface area contributed by atoms with Crippen LogP contribution in [0, 0.1) is 0 Å². The van der Waals surface area contributed by atoms with Crippen LogP contribution in [0.1, 0.15) is 34.8 Å². The molecule has 0 aliphatic carbocycles. The standard InChI is InChI=1S/C13H14N2O3/c1-9(11-4-2-3-6-14-11)15-8-10-5-7-18-12(10)13(16)17/h2-7,9,15H,8H2,1H3,(H,16,17)/t9-/m0/s1. The van der Waals surface area contributed by atoms with E-state index in [4.69, 9.17) is 9.52 Å². The fourth-order valence-corrected chi connectivity index (χ4v) is 1.66. The zero-order valence-corrected chi connectivity index (χ0v) is 9.96. The molecule has 5 nitrogen and oxygen atoms in total. The molecule has 0 aromatic carbocycles. The Balaban J connectivity index is 1.99. The average molecular weight is 246 g/mol. The lowest BCUT2D eigenvalue weighted by molar-refractivity contribution is 0.0660. The van der Waals surface area contributed by atoms with E-state index in [1.807, 2.05) is 25.1 Å². The molecule has 18 heavy (non-hydrogen) atoms. The summed E-state index contributed by atoms with van der Waals surface area (Å²) in [6.45, 7) is 2.40. The highest BCUT2D eigenvalue weighted by atomic mass is 16.4. The molecular formula is C13H14N2O3. The van der Waals surface area contributed by atoms with Crippen molar-refractivity contribution >= 4 is 5.97 Å². The maximum absolute atomic E-state index is 10.9. The van der Waals surface area contributed by atoms with Gasteiger partial charge in [-0.3, -0.25) is 4.98 Å². The SMILES string of the molecule is C[C@H](NCc1ccoc1C(=O)O)c1ccccn1. The van der Waals surface area contributed by atoms with Gasteiger partial charge in [0, 0.05) is 24.3 Å². The number of nitrogens with one attached hydrogen (secondary N) is 1. The van der Waals surface area contributed by atoms with Crippen molar-refractivity contribution < 1.29 is 14.3 Å². The lowest BCUT2D eigenvalue weighted by Crippen LogP contribution is -2.19. The third-order valence-electron chi connectivity index (χ3n) is 2.67. The second kappa shape index (κ2) is 5.46. The number of hydrogen-bond acceptors (Lipinski definition) is 4. The van der Waals surface area contributed by atoms with Crippen molar-refractivity contribution in [3.05, 3.63) is 53.7 Å². The first kappa shape index (κ1) is 12.3. The third kappa shape index (κ3) is 2.75. The molecule has 0 saturated carbocycles. The number of hydrogen-bond donors (Lipinski definition) is 2. The van der Waals surface area contributed by atoms with Crippen LogP contribution < -0.4 is 5.32 Å². The first-order valence-corrected chi connectivity index (χ1v) is 5.62. The lowest BCUT2D eigenvalue weighted by atomic mass is 10.2. The molecule has 2 aromatic rings. The highest BCUT2D eigenvalue weighted by Crippen LogP contribution is 2.13. The number of rotatable bonds is 5. The molecule has 2 rings (SSSR count). The van der Waals surface area contributed by atoms with Gasteiger partial charge in [0.15, 0.2) is 0 Å². The Morgan fingerprint density at radius 2 is 2.33 bits per heavy atom. The van der Waals surface area contributed by atoms with Gasteiger partial charge in [-0.2, -0.15) is 0 Å². The number of carboxylic acid groups (broad SMARTS) is 1. The van der Waals surface area contributed by atoms with Crippen molar-refractivity contribution in [2.75, 3.05) is 0 Å². The zero-order chi connectivity index (χ0) is 13.0. The fourth-order valence-electron chi connectivity index (χ4n) is 1.66. The minimum atomic E-state index is -1.05. The average Bonchev–Trinajstić information content (AvgIpc) is 2.85. The Morgan fingerprint density at radius 1 is 1.50 bits per heavy atom. The quantitative estimate of drug-likeness (QED) is 0.846. The van der Waals surface area contributed by atoms with Crippen molar-refractivity contribution in [1.29, 1.82) is 0 Å². The van der Waals surface area contributed by atoms with Crippen molar-refractivity contribution in [2.24, 2.45) is 0 Å². The minimum absolute atomic E-state index is 0.0179. The molecule has 0 bridgehead atoms. The van der Waals surface area contributed by atoms with E-state index in [0.717, 1.165) is 5.69 Å². The molecule has 0 aliphatic heterocycles. The number of pyridine rings is 1. The van der Waals surface area contributed by atoms with Crippen LogP contribution in [-0.4, -0.2) is 16.1 Å². The van der Waals surface area contributed by atoms with Crippen LogP contribution in [0.4, 0.5) is 0 Å². The predicted molar refractivity (Wildman–Crippen MR) is 65.2 cm³/mol. The topological polar surface area (TPSA) is 75.4 Å². The summed E-state index contributed by atoms with van der Waals surface area (Å²) in [5.74, 6) is -1.07. The second-order valence-corrected chi connectivity index (χ2v) is 3.94. The largest absolute Gasteiger partial charge is 0.475 e. The van der Waals surface area contributed by atoms with E-state index in [9.17, 15) is 4.79 Å². The summed E-state index contributed by atoms with van der Waals surface area (Å²) in [5.41, 5.74) is 1.54. The monoisotopic (exact) mass is 246 g/mol. The summed E-state index contributed by atoms with van der Waals surface area (Å²) in [6.07, 6.45) is 3.11. The van der Waals surface area contributed by atoms with E-state index in [1.165, 1.54) is 6.26 Å². The van der Waals surface area contributed by atoms with Crippen molar-refractivity contribution in [3.8, 4) is 0 Å². The summed E-state index contributed by atoms with van der Waals surface area (Å²) in [5, 5.41) is 12.1. The zero-order valence-electron chi connectivity index (χ0n) is 9.96. The molecule has 5 heteroatoms. The first-order valence-electron chi connectivity index (χ1n) is 5.62. The summed E-state index contributed by atoms with van der Waals surface area (Å²) in [7, 11) is 0. The third-order valence-corrected chi connectivity index (χ3v) is 2.67. The van der Waals surface area contributed by atoms with Gasteiger partial charge in [0.2, 0.25) is 5.76 Å². The van der Waals surface area contributed by atoms with Crippen LogP contribution in [0.3, 0.4) is 0 Å². The summed E-state index contributed by atoms with van der Waals surface area (Å²) < 4.78 is 4.91. The van der Waals surface area contributed by atoms with Crippen molar-refractivity contribution in [2.45, 2.75) is 19.5 Å². The van der Waals surface area contributed by atoms with Crippen LogP contribution in [0.25, 0.3) is 0 Å². The molecule has 0 aliphatic rings. The van der Waals surface area contributed by atoms with Gasteiger partial charge in [0.1, 0.15) is 0 Å². The summed E-state index contributed by atoms with van der Waals surface area (Å²) in [6, 6.07) is 7.39. The number of aromatic carboxylic acids is 1. The van der Waals surface area contributed by atoms with E-state index in [0.29, 0.717) is 12.1 Å². The van der Waals surface area contributed by atoms with Gasteiger partial charge in [0.25, 0.3) is 0 Å². The molecule has 2 heterocycles. The Labute approximate surface area is 104 Å². The van der Waals surface area contributed by atoms with Crippen LogP contribution in [0.15, 0.2) is 41.1 Å². The summed E-state index contributed by atoms with van der Waals surface area (Å²) >= 11 is 0. The number of nitrogens with zero attached hydrogens (tertiary/aromatic N) is 1. The molecule has 94 valence electrons. The van der Waals surface area contributed by atoms with Gasteiger partial charge < -0.3 is 14.8 Å². The van der Waals surface area contributed by atoms with Gasteiger partial charge in [0.05, 0.1) is 12.0 Å². The van der Waals surface area contributed by atoms with Crippen molar-refractivity contribution in [1.82, 2.24) is 10.3 Å². The van der Waals surface area contributed by atoms with Gasteiger partial charge in [-0.25, -0.2) is 4.79 Å². The van der Waals surface area contributed by atoms with Crippen LogP contribution >= 0.6 is 0 Å². The molecule has 1 atom stereocenters. The summed E-state index contributed by atoms with van der Waals surface area (Å²) in [4.78, 5) is 15.1. The van der Waals surface area contributed by atoms with Gasteiger partial charge >= 0.3 is 5.97 Å². The van der Waals surface area contributed by atoms with E-state index >= 15 is 0 Å². The second-order valence-electron chi connectivity index (χ2n) is 3.94. The van der Waals surface area contributed by atoms with E-state index in [2.05, 4.69) is 10.3 Å². The van der Waals surface area contributed by atoms with Gasteiger partial charge in [-0.1, -0.05) is 6.07 Å². The smallest absolute Gasteiger partial charge is 0.372 e. The highest BCUT2D eigenvalue weighted by molar-refractivity contribution is 5.86. The number of furan rings is 1. The molecule has 0 spiro atoms. The Morgan fingerprint density at radius 3 is 3.00 bits per heavy atom. The van der Waals surface area contributed by atoms with Crippen molar-refractivity contribution in [3.63, 3.8) is 0 Å². The molecule has 0 saturated heterocycles. The maximum Gasteiger partial charge on any atom is 0.372 e. The number of carboxylic acids is 1. The normalized spacial score (nSPS) is 12.3. The molecule has 2 aromatic heterocycles. The number of carbonyl (C=O) groups is 1. The molecular weight excluding hydrogens is 232 g/mol. The maximum atomic E-state index is 10.9. The van der Waals surface area contributed by atoms with E-state index < -0.39 is 5.97 Å². The Bertz CT molecular complexity index is 522. The molecule has 2 N–H and O–H groups in total. The molecule has 0 amide bonds. The first-order chi connectivity index (χ1) is 8.68. The van der Waals surface area contributed by atoms with Crippen LogP contribution in [0.5, 0.6) is 0 Å². The van der Waals surface area contributed by atoms with E-state index in [1.54, 1.807) is 12.3 Å². The number of aromatic nitrogens is 1. The minimum Gasteiger partial charge on any atom is -0.475 e. The van der Waals surface area contributed by atoms with Gasteiger partial charge in [-0.15, -0.1) is 0 Å². The van der Waals surface area contributed by atoms with Crippen LogP contribution in [-0.2, 0) is 6.54 Å². The molecule has 0 radical (unpaired) electrons. The Kier molecular flexibility index (Phi) is 3.74. The van der Waals surface area contributed by atoms with Crippen LogP contribution in [0.2, 0.25) is 0 Å². The highest BCUT2D eigenvalue weighted by Gasteiger charge is 2.14. The molecule has 0 unspecified atom stereocenters. The predicted octanol–water partition coefficient (Wildman–Crippen LogP) is 2.22.